The molecule has 0 aromatic heterocycles. The standard InChI is InChI=1S/C26H32N2O4/c1-17(2)12-13-32-23-11-10-19(15-24(23)31-4)14-21-18(3)22(16-27)26(30)28(25(21)29)20-8-6-5-7-9-20/h10-11,14-15,17,20H,5-9,12-13H2,1-4H3/b21-14+. The van der Waals surface area contributed by atoms with Gasteiger partial charge >= 0.3 is 0 Å². The molecule has 170 valence electrons. The zero-order valence-corrected chi connectivity index (χ0v) is 19.4. The molecule has 32 heavy (non-hydrogen) atoms. The highest BCUT2D eigenvalue weighted by molar-refractivity contribution is 6.19. The van der Waals surface area contributed by atoms with Crippen LogP contribution in [0.3, 0.4) is 0 Å². The van der Waals surface area contributed by atoms with Crippen LogP contribution in [0.2, 0.25) is 0 Å². The third kappa shape index (κ3) is 5.04. The van der Waals surface area contributed by atoms with E-state index in [9.17, 15) is 14.9 Å². The van der Waals surface area contributed by atoms with Crippen molar-refractivity contribution in [3.8, 4) is 17.6 Å². The van der Waals surface area contributed by atoms with Gasteiger partial charge in [-0.05, 0) is 61.4 Å². The Balaban J connectivity index is 1.94. The molecule has 1 aliphatic heterocycles. The average molecular weight is 437 g/mol. The Kier molecular flexibility index (Phi) is 7.74. The highest BCUT2D eigenvalue weighted by Gasteiger charge is 2.39. The lowest BCUT2D eigenvalue weighted by molar-refractivity contribution is -0.143. The van der Waals surface area contributed by atoms with Crippen molar-refractivity contribution in [3.63, 3.8) is 0 Å². The monoisotopic (exact) mass is 436 g/mol. The molecule has 6 heteroatoms. The molecule has 0 N–H and O–H groups in total. The van der Waals surface area contributed by atoms with Gasteiger partial charge < -0.3 is 9.47 Å². The molecular formula is C26H32N2O4. The molecule has 0 bridgehead atoms. The van der Waals surface area contributed by atoms with Crippen LogP contribution in [-0.4, -0.2) is 36.5 Å². The number of hydrogen-bond acceptors (Lipinski definition) is 5. The maximum atomic E-state index is 13.4. The van der Waals surface area contributed by atoms with Gasteiger partial charge in [0.15, 0.2) is 11.5 Å². The van der Waals surface area contributed by atoms with Gasteiger partial charge in [0, 0.05) is 11.6 Å². The van der Waals surface area contributed by atoms with Gasteiger partial charge in [-0.25, -0.2) is 0 Å². The largest absolute Gasteiger partial charge is 0.493 e. The Morgan fingerprint density at radius 3 is 2.50 bits per heavy atom. The zero-order valence-electron chi connectivity index (χ0n) is 19.4. The number of amides is 2. The lowest BCUT2D eigenvalue weighted by Gasteiger charge is -2.36. The first-order valence-electron chi connectivity index (χ1n) is 11.4. The summed E-state index contributed by atoms with van der Waals surface area (Å²) in [6, 6.07) is 7.37. The second-order valence-electron chi connectivity index (χ2n) is 8.88. The number of imide groups is 1. The predicted molar refractivity (Wildman–Crippen MR) is 123 cm³/mol. The van der Waals surface area contributed by atoms with Crippen molar-refractivity contribution < 1.29 is 19.1 Å². The number of benzene rings is 1. The fourth-order valence-electron chi connectivity index (χ4n) is 4.23. The van der Waals surface area contributed by atoms with Gasteiger partial charge in [-0.15, -0.1) is 0 Å². The second-order valence-corrected chi connectivity index (χ2v) is 8.88. The Morgan fingerprint density at radius 2 is 1.88 bits per heavy atom. The number of nitriles is 1. The molecule has 0 atom stereocenters. The Hall–Kier alpha value is -3.07. The first-order valence-corrected chi connectivity index (χ1v) is 11.4. The van der Waals surface area contributed by atoms with Crippen molar-refractivity contribution in [2.24, 2.45) is 5.92 Å². The van der Waals surface area contributed by atoms with Crippen LogP contribution >= 0.6 is 0 Å². The normalized spacial score (nSPS) is 19.0. The van der Waals surface area contributed by atoms with E-state index in [1.807, 2.05) is 24.3 Å². The highest BCUT2D eigenvalue weighted by atomic mass is 16.5. The minimum atomic E-state index is -0.467. The highest BCUT2D eigenvalue weighted by Crippen LogP contribution is 2.34. The molecule has 1 aliphatic carbocycles. The molecule has 3 rings (SSSR count). The minimum absolute atomic E-state index is 0.0435. The van der Waals surface area contributed by atoms with Crippen molar-refractivity contribution in [1.29, 1.82) is 5.26 Å². The van der Waals surface area contributed by atoms with E-state index < -0.39 is 5.91 Å². The number of rotatable bonds is 7. The summed E-state index contributed by atoms with van der Waals surface area (Å²) in [4.78, 5) is 27.6. The Bertz CT molecular complexity index is 978. The van der Waals surface area contributed by atoms with Gasteiger partial charge in [0.05, 0.1) is 13.7 Å². The minimum Gasteiger partial charge on any atom is -0.493 e. The topological polar surface area (TPSA) is 79.6 Å². The number of nitrogens with zero attached hydrogens (tertiary/aromatic N) is 2. The molecule has 6 nitrogen and oxygen atoms in total. The first-order chi connectivity index (χ1) is 15.4. The fourth-order valence-corrected chi connectivity index (χ4v) is 4.23. The third-order valence-corrected chi connectivity index (χ3v) is 6.16. The van der Waals surface area contributed by atoms with E-state index in [0.29, 0.717) is 35.2 Å². The molecule has 1 aromatic rings. The predicted octanol–water partition coefficient (Wildman–Crippen LogP) is 5.05. The van der Waals surface area contributed by atoms with E-state index in [1.54, 1.807) is 20.1 Å². The van der Waals surface area contributed by atoms with E-state index >= 15 is 0 Å². The SMILES string of the molecule is COc1cc(/C=C2/C(=O)N(C3CCCCC3)C(=O)C(C#N)=C2C)ccc1OCCC(C)C. The number of hydrogen-bond donors (Lipinski definition) is 0. The second kappa shape index (κ2) is 10.5. The van der Waals surface area contributed by atoms with Crippen LogP contribution < -0.4 is 9.47 Å². The molecular weight excluding hydrogens is 404 g/mol. The van der Waals surface area contributed by atoms with Crippen LogP contribution in [0, 0.1) is 17.2 Å². The van der Waals surface area contributed by atoms with Crippen LogP contribution in [0.4, 0.5) is 0 Å². The summed E-state index contributed by atoms with van der Waals surface area (Å²) in [5.74, 6) is 0.976. The van der Waals surface area contributed by atoms with Gasteiger partial charge in [-0.1, -0.05) is 39.2 Å². The van der Waals surface area contributed by atoms with Gasteiger partial charge in [0.1, 0.15) is 11.6 Å². The van der Waals surface area contributed by atoms with E-state index in [4.69, 9.17) is 9.47 Å². The fraction of sp³-hybridized carbons (Fsp3) is 0.500. The van der Waals surface area contributed by atoms with Crippen molar-refractivity contribution >= 4 is 17.9 Å². The Labute approximate surface area is 190 Å². The lowest BCUT2D eigenvalue weighted by atomic mass is 9.88. The summed E-state index contributed by atoms with van der Waals surface area (Å²) < 4.78 is 11.3. The number of methoxy groups -OCH3 is 1. The summed E-state index contributed by atoms with van der Waals surface area (Å²) in [6.07, 6.45) is 7.34. The maximum Gasteiger partial charge on any atom is 0.271 e. The lowest BCUT2D eigenvalue weighted by Crippen LogP contribution is -2.49. The maximum absolute atomic E-state index is 13.4. The van der Waals surface area contributed by atoms with Crippen LogP contribution in [0.15, 0.2) is 34.9 Å². The van der Waals surface area contributed by atoms with Crippen LogP contribution in [0.1, 0.15) is 64.9 Å². The molecule has 2 amide bonds. The van der Waals surface area contributed by atoms with Gasteiger partial charge in [0.25, 0.3) is 11.8 Å². The Morgan fingerprint density at radius 1 is 1.16 bits per heavy atom. The van der Waals surface area contributed by atoms with E-state index in [1.165, 1.54) is 4.90 Å². The third-order valence-electron chi connectivity index (χ3n) is 6.16. The van der Waals surface area contributed by atoms with Crippen molar-refractivity contribution in [3.05, 3.63) is 40.5 Å². The van der Waals surface area contributed by atoms with E-state index in [0.717, 1.165) is 44.1 Å². The summed E-state index contributed by atoms with van der Waals surface area (Å²) in [7, 11) is 1.58. The molecule has 0 unspecified atom stereocenters. The van der Waals surface area contributed by atoms with E-state index in [-0.39, 0.29) is 17.5 Å². The summed E-state index contributed by atoms with van der Waals surface area (Å²) in [6.45, 7) is 6.55. The van der Waals surface area contributed by atoms with Crippen molar-refractivity contribution in [2.75, 3.05) is 13.7 Å². The molecule has 0 radical (unpaired) electrons. The van der Waals surface area contributed by atoms with E-state index in [2.05, 4.69) is 13.8 Å². The molecule has 0 spiro atoms. The molecule has 1 aromatic carbocycles. The molecule has 1 heterocycles. The first kappa shape index (κ1) is 23.6. The van der Waals surface area contributed by atoms with Gasteiger partial charge in [0.2, 0.25) is 0 Å². The number of carbonyl (C=O) groups is 2. The molecule has 0 saturated heterocycles. The molecule has 1 fully saturated rings. The molecule has 2 aliphatic rings. The van der Waals surface area contributed by atoms with Gasteiger partial charge in [-0.3, -0.25) is 14.5 Å². The number of ether oxygens (including phenoxy) is 2. The van der Waals surface area contributed by atoms with Crippen LogP contribution in [-0.2, 0) is 9.59 Å². The summed E-state index contributed by atoms with van der Waals surface area (Å²) in [5.41, 5.74) is 1.59. The van der Waals surface area contributed by atoms with Gasteiger partial charge in [-0.2, -0.15) is 5.26 Å². The summed E-state index contributed by atoms with van der Waals surface area (Å²) in [5, 5.41) is 9.63. The molecule has 1 saturated carbocycles. The van der Waals surface area contributed by atoms with Crippen LogP contribution in [0.5, 0.6) is 11.5 Å². The zero-order chi connectivity index (χ0) is 23.3. The smallest absolute Gasteiger partial charge is 0.271 e. The van der Waals surface area contributed by atoms with Crippen molar-refractivity contribution in [2.45, 2.75) is 65.3 Å². The van der Waals surface area contributed by atoms with Crippen molar-refractivity contribution in [1.82, 2.24) is 4.90 Å². The number of carbonyl (C=O) groups excluding carboxylic acids is 2. The quantitative estimate of drug-likeness (QED) is 0.442. The average Bonchev–Trinajstić information content (AvgIpc) is 2.78. The van der Waals surface area contributed by atoms with Crippen LogP contribution in [0.25, 0.3) is 6.08 Å². The summed E-state index contributed by atoms with van der Waals surface area (Å²) >= 11 is 0.